The summed E-state index contributed by atoms with van der Waals surface area (Å²) >= 11 is 0. The smallest absolute Gasteiger partial charge is 0.270 e. The van der Waals surface area contributed by atoms with E-state index in [1.807, 2.05) is 0 Å². The minimum atomic E-state index is -3.66. The number of sulfonamides is 1. The minimum Gasteiger partial charge on any atom is -0.351 e. The summed E-state index contributed by atoms with van der Waals surface area (Å²) < 4.78 is 21.4. The molecule has 0 saturated carbocycles. The largest absolute Gasteiger partial charge is 0.351 e. The van der Waals surface area contributed by atoms with E-state index in [0.29, 0.717) is 5.56 Å². The van der Waals surface area contributed by atoms with E-state index in [2.05, 4.69) is 5.32 Å². The van der Waals surface area contributed by atoms with E-state index in [4.69, 9.17) is 5.14 Å². The van der Waals surface area contributed by atoms with E-state index >= 15 is 0 Å². The van der Waals surface area contributed by atoms with Gasteiger partial charge in [-0.05, 0) is 12.5 Å². The minimum absolute atomic E-state index is 0.128. The Morgan fingerprint density at radius 3 is 2.63 bits per heavy atom. The first-order chi connectivity index (χ1) is 8.70. The van der Waals surface area contributed by atoms with Crippen LogP contribution in [-0.2, 0) is 10.0 Å². The Kier molecular flexibility index (Phi) is 4.57. The van der Waals surface area contributed by atoms with Crippen molar-refractivity contribution in [3.05, 3.63) is 39.4 Å². The van der Waals surface area contributed by atoms with Crippen LogP contribution in [0.5, 0.6) is 0 Å². The molecule has 3 N–H and O–H groups in total. The van der Waals surface area contributed by atoms with E-state index < -0.39 is 26.6 Å². The molecule has 1 amide bonds. The number of nitrogens with one attached hydrogen (secondary N) is 1. The molecule has 0 unspecified atom stereocenters. The van der Waals surface area contributed by atoms with Crippen LogP contribution in [0.25, 0.3) is 0 Å². The number of hydrogen-bond acceptors (Lipinski definition) is 5. The van der Waals surface area contributed by atoms with Crippen LogP contribution in [0.3, 0.4) is 0 Å². The molecule has 0 aliphatic heterocycles. The second-order valence-electron chi connectivity index (χ2n) is 3.88. The summed E-state index contributed by atoms with van der Waals surface area (Å²) in [4.78, 5) is 21.8. The van der Waals surface area contributed by atoms with Gasteiger partial charge in [-0.3, -0.25) is 14.9 Å². The third-order valence-electron chi connectivity index (χ3n) is 2.35. The maximum absolute atomic E-state index is 11.8. The van der Waals surface area contributed by atoms with E-state index in [1.165, 1.54) is 12.1 Å². The third-order valence-corrected chi connectivity index (χ3v) is 3.12. The van der Waals surface area contributed by atoms with Gasteiger partial charge in [0.25, 0.3) is 11.6 Å². The lowest BCUT2D eigenvalue weighted by atomic mass is 10.1. The van der Waals surface area contributed by atoms with Crippen LogP contribution in [0.2, 0.25) is 0 Å². The number of carbonyl (C=O) groups excluding carboxylic acids is 1. The van der Waals surface area contributed by atoms with Gasteiger partial charge in [-0.15, -0.1) is 0 Å². The summed E-state index contributed by atoms with van der Waals surface area (Å²) in [6.07, 6.45) is 0. The molecule has 0 aliphatic carbocycles. The van der Waals surface area contributed by atoms with Crippen LogP contribution in [0.15, 0.2) is 18.2 Å². The molecule has 0 heterocycles. The Labute approximate surface area is 109 Å². The predicted octanol–water partition coefficient (Wildman–Crippen LogP) is -0.0785. The van der Waals surface area contributed by atoms with Gasteiger partial charge in [0.05, 0.1) is 10.7 Å². The lowest BCUT2D eigenvalue weighted by Gasteiger charge is -2.06. The lowest BCUT2D eigenvalue weighted by Crippen LogP contribution is -2.31. The highest BCUT2D eigenvalue weighted by Gasteiger charge is 2.14. The van der Waals surface area contributed by atoms with Gasteiger partial charge < -0.3 is 5.32 Å². The summed E-state index contributed by atoms with van der Waals surface area (Å²) in [6, 6.07) is 3.88. The molecule has 8 nitrogen and oxygen atoms in total. The highest BCUT2D eigenvalue weighted by Crippen LogP contribution is 2.17. The summed E-state index contributed by atoms with van der Waals surface area (Å²) in [5, 5.41) is 17.7. The normalized spacial score (nSPS) is 11.1. The molecule has 1 aromatic rings. The highest BCUT2D eigenvalue weighted by molar-refractivity contribution is 7.89. The molecule has 0 saturated heterocycles. The number of nitrogens with two attached hydrogens (primary N) is 1. The maximum Gasteiger partial charge on any atom is 0.270 e. The van der Waals surface area contributed by atoms with Crippen molar-refractivity contribution in [1.29, 1.82) is 0 Å². The Morgan fingerprint density at radius 1 is 1.47 bits per heavy atom. The van der Waals surface area contributed by atoms with Crippen LogP contribution in [0, 0.1) is 17.0 Å². The van der Waals surface area contributed by atoms with Crippen LogP contribution in [-0.4, -0.2) is 31.5 Å². The Morgan fingerprint density at radius 2 is 2.11 bits per heavy atom. The van der Waals surface area contributed by atoms with Gasteiger partial charge in [-0.2, -0.15) is 0 Å². The maximum atomic E-state index is 11.8. The van der Waals surface area contributed by atoms with Crippen LogP contribution < -0.4 is 10.5 Å². The van der Waals surface area contributed by atoms with Gasteiger partial charge in [0.2, 0.25) is 10.0 Å². The van der Waals surface area contributed by atoms with Gasteiger partial charge in [0, 0.05) is 24.2 Å². The predicted molar refractivity (Wildman–Crippen MR) is 68.1 cm³/mol. The van der Waals surface area contributed by atoms with E-state index in [-0.39, 0.29) is 17.8 Å². The average Bonchev–Trinajstić information content (AvgIpc) is 2.27. The van der Waals surface area contributed by atoms with Crippen molar-refractivity contribution in [3.8, 4) is 0 Å². The average molecular weight is 287 g/mol. The molecule has 0 aromatic heterocycles. The summed E-state index contributed by atoms with van der Waals surface area (Å²) in [7, 11) is -3.66. The fourth-order valence-corrected chi connectivity index (χ4v) is 1.76. The van der Waals surface area contributed by atoms with E-state index in [0.717, 1.165) is 6.07 Å². The zero-order chi connectivity index (χ0) is 14.6. The fourth-order valence-electron chi connectivity index (χ4n) is 1.37. The molecule has 9 heteroatoms. The second-order valence-corrected chi connectivity index (χ2v) is 5.61. The number of carbonyl (C=O) groups is 1. The Balaban J connectivity index is 2.82. The summed E-state index contributed by atoms with van der Waals surface area (Å²) in [5.74, 6) is -0.975. The number of hydrogen-bond donors (Lipinski definition) is 2. The number of rotatable bonds is 5. The third kappa shape index (κ3) is 4.64. The van der Waals surface area contributed by atoms with Crippen LogP contribution in [0.1, 0.15) is 15.9 Å². The first-order valence-corrected chi connectivity index (χ1v) is 6.96. The molecule has 0 fully saturated rings. The van der Waals surface area contributed by atoms with Crippen molar-refractivity contribution < 1.29 is 18.1 Å². The second kappa shape index (κ2) is 5.76. The molecule has 0 bridgehead atoms. The van der Waals surface area contributed by atoms with Gasteiger partial charge in [-0.1, -0.05) is 6.07 Å². The number of benzene rings is 1. The van der Waals surface area contributed by atoms with Gasteiger partial charge in [-0.25, -0.2) is 13.6 Å². The monoisotopic (exact) mass is 287 g/mol. The van der Waals surface area contributed by atoms with Crippen molar-refractivity contribution in [1.82, 2.24) is 5.32 Å². The fraction of sp³-hybridized carbons (Fsp3) is 0.300. The molecule has 1 aromatic carbocycles. The summed E-state index contributed by atoms with van der Waals surface area (Å²) in [6.45, 7) is 1.47. The van der Waals surface area contributed by atoms with E-state index in [1.54, 1.807) is 6.92 Å². The quantitative estimate of drug-likeness (QED) is 0.577. The standard InChI is InChI=1S/C10H13N3O5S/c1-7-2-3-8(13(15)16)6-9(7)10(14)12-4-5-19(11,17)18/h2-3,6H,4-5H2,1H3,(H,12,14)(H2,11,17,18). The zero-order valence-corrected chi connectivity index (χ0v) is 10.9. The van der Waals surface area contributed by atoms with Crippen molar-refractivity contribution in [2.24, 2.45) is 5.14 Å². The molecule has 0 atom stereocenters. The molecule has 0 radical (unpaired) electrons. The van der Waals surface area contributed by atoms with Crippen molar-refractivity contribution in [2.45, 2.75) is 6.92 Å². The number of amides is 1. The molecule has 0 spiro atoms. The van der Waals surface area contributed by atoms with Crippen molar-refractivity contribution >= 4 is 21.6 Å². The first kappa shape index (κ1) is 15.1. The van der Waals surface area contributed by atoms with E-state index in [9.17, 15) is 23.3 Å². The molecule has 1 rings (SSSR count). The Bertz CT molecular complexity index is 612. The number of nitro groups is 1. The molecule has 0 aliphatic rings. The van der Waals surface area contributed by atoms with Gasteiger partial charge >= 0.3 is 0 Å². The van der Waals surface area contributed by atoms with Crippen molar-refractivity contribution in [2.75, 3.05) is 12.3 Å². The van der Waals surface area contributed by atoms with Crippen LogP contribution in [0.4, 0.5) is 5.69 Å². The molecule has 104 valence electrons. The van der Waals surface area contributed by atoms with Gasteiger partial charge in [0.1, 0.15) is 0 Å². The SMILES string of the molecule is Cc1ccc([N+](=O)[O-])cc1C(=O)NCCS(N)(=O)=O. The molecular weight excluding hydrogens is 274 g/mol. The molecule has 19 heavy (non-hydrogen) atoms. The molecular formula is C10H13N3O5S. The first-order valence-electron chi connectivity index (χ1n) is 5.24. The number of primary sulfonamides is 1. The summed E-state index contributed by atoms with van der Waals surface area (Å²) in [5.41, 5.74) is 0.476. The number of aryl methyl sites for hydroxylation is 1. The highest BCUT2D eigenvalue weighted by atomic mass is 32.2. The van der Waals surface area contributed by atoms with Gasteiger partial charge in [0.15, 0.2) is 0 Å². The topological polar surface area (TPSA) is 132 Å². The van der Waals surface area contributed by atoms with Crippen molar-refractivity contribution in [3.63, 3.8) is 0 Å². The lowest BCUT2D eigenvalue weighted by molar-refractivity contribution is -0.384. The Hall–Kier alpha value is -2.00. The van der Waals surface area contributed by atoms with Crippen LogP contribution >= 0.6 is 0 Å². The number of nitro benzene ring substituents is 1. The zero-order valence-electron chi connectivity index (χ0n) is 10.1. The number of non-ortho nitro benzene ring substituents is 1. The number of nitrogens with zero attached hydrogens (tertiary/aromatic N) is 1.